The van der Waals surface area contributed by atoms with Crippen molar-refractivity contribution in [2.75, 3.05) is 0 Å². The van der Waals surface area contributed by atoms with Gasteiger partial charge in [0, 0.05) is 0 Å². The summed E-state index contributed by atoms with van der Waals surface area (Å²) in [4.78, 5) is 0. The SMILES string of the molecule is CCCCCCCC/C=C/CCCCCCC[C@@H](O)C(F)(F)F. The van der Waals surface area contributed by atoms with Crippen molar-refractivity contribution in [1.29, 1.82) is 0 Å². The van der Waals surface area contributed by atoms with E-state index in [0.717, 1.165) is 32.1 Å². The second-order valence-electron chi connectivity index (χ2n) is 6.43. The van der Waals surface area contributed by atoms with E-state index in [1.807, 2.05) is 0 Å². The number of allylic oxidation sites excluding steroid dienone is 2. The van der Waals surface area contributed by atoms with Crippen LogP contribution < -0.4 is 0 Å². The molecule has 0 heterocycles. The number of hydrogen-bond donors (Lipinski definition) is 1. The van der Waals surface area contributed by atoms with Gasteiger partial charge in [-0.05, 0) is 32.1 Å². The van der Waals surface area contributed by atoms with Gasteiger partial charge in [0.15, 0.2) is 0 Å². The summed E-state index contributed by atoms with van der Waals surface area (Å²) in [6.07, 6.45) is 12.3. The molecule has 0 aliphatic rings. The Kier molecular flexibility index (Phi) is 14.7. The van der Waals surface area contributed by atoms with Crippen LogP contribution in [-0.4, -0.2) is 17.4 Å². The number of halogens is 3. The maximum absolute atomic E-state index is 12.1. The van der Waals surface area contributed by atoms with Crippen molar-refractivity contribution in [3.8, 4) is 0 Å². The molecule has 0 rings (SSSR count). The Labute approximate surface area is 140 Å². The summed E-state index contributed by atoms with van der Waals surface area (Å²) in [6.45, 7) is 2.23. The number of unbranched alkanes of at least 4 members (excludes halogenated alkanes) is 11. The summed E-state index contributed by atoms with van der Waals surface area (Å²) in [6, 6.07) is 0. The Bertz CT molecular complexity index is 274. The largest absolute Gasteiger partial charge is 0.414 e. The van der Waals surface area contributed by atoms with Gasteiger partial charge in [0.1, 0.15) is 6.10 Å². The van der Waals surface area contributed by atoms with E-state index in [1.54, 1.807) is 0 Å². The van der Waals surface area contributed by atoms with Crippen molar-refractivity contribution in [2.24, 2.45) is 0 Å². The van der Waals surface area contributed by atoms with E-state index in [0.29, 0.717) is 6.42 Å². The molecule has 0 aromatic rings. The quantitative estimate of drug-likeness (QED) is 0.253. The predicted molar refractivity (Wildman–Crippen MR) is 91.5 cm³/mol. The van der Waals surface area contributed by atoms with Crippen molar-refractivity contribution >= 4 is 0 Å². The van der Waals surface area contributed by atoms with E-state index in [9.17, 15) is 13.2 Å². The lowest BCUT2D eigenvalue weighted by molar-refractivity contribution is -0.205. The molecule has 1 N–H and O–H groups in total. The van der Waals surface area contributed by atoms with Gasteiger partial charge in [-0.15, -0.1) is 0 Å². The first-order valence-corrected chi connectivity index (χ1v) is 9.38. The summed E-state index contributed by atoms with van der Waals surface area (Å²) in [5.41, 5.74) is 0. The van der Waals surface area contributed by atoms with Crippen molar-refractivity contribution in [1.82, 2.24) is 0 Å². The predicted octanol–water partition coefficient (Wildman–Crippen LogP) is 6.95. The summed E-state index contributed by atoms with van der Waals surface area (Å²) in [5.74, 6) is 0. The second-order valence-corrected chi connectivity index (χ2v) is 6.43. The highest BCUT2D eigenvalue weighted by Crippen LogP contribution is 2.24. The minimum absolute atomic E-state index is 0.165. The molecule has 23 heavy (non-hydrogen) atoms. The highest BCUT2D eigenvalue weighted by Gasteiger charge is 2.37. The van der Waals surface area contributed by atoms with Gasteiger partial charge in [0.2, 0.25) is 0 Å². The summed E-state index contributed by atoms with van der Waals surface area (Å²) >= 11 is 0. The van der Waals surface area contributed by atoms with Crippen LogP contribution in [0.15, 0.2) is 12.2 Å². The molecule has 0 saturated carbocycles. The third-order valence-corrected chi connectivity index (χ3v) is 4.12. The number of rotatable bonds is 15. The summed E-state index contributed by atoms with van der Waals surface area (Å²) < 4.78 is 36.2. The van der Waals surface area contributed by atoms with Gasteiger partial charge in [0.25, 0.3) is 0 Å². The summed E-state index contributed by atoms with van der Waals surface area (Å²) in [5, 5.41) is 8.86. The van der Waals surface area contributed by atoms with Crippen molar-refractivity contribution in [2.45, 2.75) is 109 Å². The van der Waals surface area contributed by atoms with Crippen LogP contribution in [0.1, 0.15) is 96.8 Å². The third kappa shape index (κ3) is 16.1. The molecule has 0 bridgehead atoms. The lowest BCUT2D eigenvalue weighted by Crippen LogP contribution is -2.28. The Morgan fingerprint density at radius 2 is 1.17 bits per heavy atom. The molecular formula is C19H35F3O. The highest BCUT2D eigenvalue weighted by atomic mass is 19.4. The van der Waals surface area contributed by atoms with E-state index in [2.05, 4.69) is 19.1 Å². The fraction of sp³-hybridized carbons (Fsp3) is 0.895. The first-order valence-electron chi connectivity index (χ1n) is 9.38. The van der Waals surface area contributed by atoms with Gasteiger partial charge in [0.05, 0.1) is 0 Å². The minimum atomic E-state index is -4.46. The van der Waals surface area contributed by atoms with Crippen LogP contribution in [-0.2, 0) is 0 Å². The third-order valence-electron chi connectivity index (χ3n) is 4.12. The van der Waals surface area contributed by atoms with E-state index in [-0.39, 0.29) is 6.42 Å². The number of alkyl halides is 3. The first kappa shape index (κ1) is 22.5. The van der Waals surface area contributed by atoms with E-state index >= 15 is 0 Å². The minimum Gasteiger partial charge on any atom is -0.384 e. The van der Waals surface area contributed by atoms with Gasteiger partial charge in [-0.2, -0.15) is 13.2 Å². The van der Waals surface area contributed by atoms with E-state index in [4.69, 9.17) is 5.11 Å². The Balaban J connectivity index is 3.22. The van der Waals surface area contributed by atoms with E-state index in [1.165, 1.54) is 44.9 Å². The highest BCUT2D eigenvalue weighted by molar-refractivity contribution is 4.81. The normalized spacial score (nSPS) is 13.8. The number of hydrogen-bond acceptors (Lipinski definition) is 1. The fourth-order valence-electron chi connectivity index (χ4n) is 2.57. The maximum atomic E-state index is 12.1. The number of aliphatic hydroxyl groups is 1. The van der Waals surface area contributed by atoms with Gasteiger partial charge >= 0.3 is 6.18 Å². The van der Waals surface area contributed by atoms with Crippen LogP contribution >= 0.6 is 0 Å². The molecule has 0 aliphatic heterocycles. The zero-order valence-electron chi connectivity index (χ0n) is 14.7. The van der Waals surface area contributed by atoms with Crippen LogP contribution in [0.25, 0.3) is 0 Å². The molecule has 0 saturated heterocycles. The zero-order chi connectivity index (χ0) is 17.4. The summed E-state index contributed by atoms with van der Waals surface area (Å²) in [7, 11) is 0. The Morgan fingerprint density at radius 1 is 0.739 bits per heavy atom. The molecule has 0 spiro atoms. The molecule has 0 aromatic heterocycles. The molecule has 0 aromatic carbocycles. The maximum Gasteiger partial charge on any atom is 0.414 e. The molecule has 0 radical (unpaired) electrons. The molecule has 4 heteroatoms. The van der Waals surface area contributed by atoms with Crippen LogP contribution in [0.5, 0.6) is 0 Å². The standard InChI is InChI=1S/C19H35F3O/c1-2-3-4-5-6-7-8-9-10-11-12-13-14-15-16-17-18(23)19(20,21)22/h9-10,18,23H,2-8,11-17H2,1H3/b10-9+/t18-/m1/s1. The van der Waals surface area contributed by atoms with E-state index < -0.39 is 12.3 Å². The lowest BCUT2D eigenvalue weighted by Gasteiger charge is -2.13. The fourth-order valence-corrected chi connectivity index (χ4v) is 2.57. The molecule has 1 atom stereocenters. The smallest absolute Gasteiger partial charge is 0.384 e. The lowest BCUT2D eigenvalue weighted by atomic mass is 10.1. The monoisotopic (exact) mass is 336 g/mol. The molecule has 0 unspecified atom stereocenters. The Hall–Kier alpha value is -0.510. The van der Waals surface area contributed by atoms with Crippen LogP contribution in [0.4, 0.5) is 13.2 Å². The average Bonchev–Trinajstić information content (AvgIpc) is 2.50. The van der Waals surface area contributed by atoms with Crippen LogP contribution in [0.2, 0.25) is 0 Å². The molecular weight excluding hydrogens is 301 g/mol. The van der Waals surface area contributed by atoms with Crippen LogP contribution in [0.3, 0.4) is 0 Å². The number of aliphatic hydroxyl groups excluding tert-OH is 1. The Morgan fingerprint density at radius 3 is 1.65 bits per heavy atom. The molecule has 138 valence electrons. The zero-order valence-corrected chi connectivity index (χ0v) is 14.7. The van der Waals surface area contributed by atoms with Gasteiger partial charge in [-0.25, -0.2) is 0 Å². The van der Waals surface area contributed by atoms with Gasteiger partial charge in [-0.3, -0.25) is 0 Å². The molecule has 0 aliphatic carbocycles. The van der Waals surface area contributed by atoms with Crippen LogP contribution in [0, 0.1) is 0 Å². The molecule has 1 nitrogen and oxygen atoms in total. The van der Waals surface area contributed by atoms with Crippen molar-refractivity contribution in [3.05, 3.63) is 12.2 Å². The first-order chi connectivity index (χ1) is 11.0. The molecule has 0 amide bonds. The average molecular weight is 336 g/mol. The van der Waals surface area contributed by atoms with Crippen molar-refractivity contribution in [3.63, 3.8) is 0 Å². The topological polar surface area (TPSA) is 20.2 Å². The second kappa shape index (κ2) is 15.0. The molecule has 0 fully saturated rings. The van der Waals surface area contributed by atoms with Crippen molar-refractivity contribution < 1.29 is 18.3 Å². The van der Waals surface area contributed by atoms with Gasteiger partial charge in [-0.1, -0.05) is 76.9 Å². The van der Waals surface area contributed by atoms with Gasteiger partial charge < -0.3 is 5.11 Å².